The van der Waals surface area contributed by atoms with Crippen LogP contribution >= 0.6 is 0 Å². The fraction of sp³-hybridized carbons (Fsp3) is 0.424. The summed E-state index contributed by atoms with van der Waals surface area (Å²) in [6.45, 7) is 7.22. The minimum Gasteiger partial charge on any atom is -0.464 e. The standard InChI is InChI=1S/C31H34N4O3.C2H6/c1-37-31(36)26-19-27(34-17-15-23(16-18-34)21-38-20-22-9-4-2-5-10-22)28-29(24-11-8-12-24)33-35(30(28)32-26)25-13-6-3-7-14-25;1-2/h2-7,9-10,13-14,19,23-24H,8,11-12,15-18,20-21H2,1H3;1-2H3. The van der Waals surface area contributed by atoms with Crippen LogP contribution in [0.1, 0.15) is 73.6 Å². The first-order valence-corrected chi connectivity index (χ1v) is 14.7. The fourth-order valence-corrected chi connectivity index (χ4v) is 5.56. The second-order valence-corrected chi connectivity index (χ2v) is 10.4. The van der Waals surface area contributed by atoms with Crippen LogP contribution in [0.25, 0.3) is 16.7 Å². The molecule has 0 bridgehead atoms. The number of para-hydroxylation sites is 1. The molecule has 2 aromatic heterocycles. The normalized spacial score (nSPS) is 15.8. The van der Waals surface area contributed by atoms with Crippen molar-refractivity contribution in [2.24, 2.45) is 5.92 Å². The van der Waals surface area contributed by atoms with Crippen LogP contribution in [0.5, 0.6) is 0 Å². The van der Waals surface area contributed by atoms with E-state index in [1.807, 2.05) is 73.1 Å². The number of nitrogens with zero attached hydrogens (tertiary/aromatic N) is 4. The molecule has 0 radical (unpaired) electrons. The maximum absolute atomic E-state index is 12.7. The number of pyridine rings is 1. The zero-order valence-electron chi connectivity index (χ0n) is 23.9. The number of aromatic nitrogens is 3. The maximum Gasteiger partial charge on any atom is 0.356 e. The van der Waals surface area contributed by atoms with Crippen LogP contribution in [-0.2, 0) is 16.1 Å². The number of hydrogen-bond donors (Lipinski definition) is 0. The van der Waals surface area contributed by atoms with E-state index in [2.05, 4.69) is 17.0 Å². The highest BCUT2D eigenvalue weighted by atomic mass is 16.5. The number of fused-ring (bicyclic) bond motifs is 1. The third-order valence-electron chi connectivity index (χ3n) is 7.95. The van der Waals surface area contributed by atoms with Gasteiger partial charge in [0.25, 0.3) is 0 Å². The van der Waals surface area contributed by atoms with Gasteiger partial charge >= 0.3 is 5.97 Å². The first-order chi connectivity index (χ1) is 19.7. The van der Waals surface area contributed by atoms with E-state index in [0.717, 1.165) is 73.5 Å². The van der Waals surface area contributed by atoms with Crippen LogP contribution in [-0.4, -0.2) is 47.5 Å². The quantitative estimate of drug-likeness (QED) is 0.226. The summed E-state index contributed by atoms with van der Waals surface area (Å²) in [5.74, 6) is 0.518. The second kappa shape index (κ2) is 13.1. The molecule has 2 fully saturated rings. The molecular formula is C33H40N4O3. The van der Waals surface area contributed by atoms with Crippen LogP contribution < -0.4 is 4.90 Å². The molecule has 4 aromatic rings. The van der Waals surface area contributed by atoms with Gasteiger partial charge in [-0.05, 0) is 55.4 Å². The fourth-order valence-electron chi connectivity index (χ4n) is 5.56. The minimum atomic E-state index is -0.427. The monoisotopic (exact) mass is 540 g/mol. The Kier molecular flexibility index (Phi) is 9.12. The first kappa shape index (κ1) is 27.8. The van der Waals surface area contributed by atoms with Crippen molar-refractivity contribution in [3.8, 4) is 5.69 Å². The predicted molar refractivity (Wildman–Crippen MR) is 159 cm³/mol. The molecule has 1 saturated carbocycles. The molecule has 7 heteroatoms. The summed E-state index contributed by atoms with van der Waals surface area (Å²) >= 11 is 0. The number of rotatable bonds is 8. The van der Waals surface area contributed by atoms with Crippen LogP contribution in [0.3, 0.4) is 0 Å². The first-order valence-electron chi connectivity index (χ1n) is 14.7. The Morgan fingerprint density at radius 2 is 1.62 bits per heavy atom. The maximum atomic E-state index is 12.7. The lowest BCUT2D eigenvalue weighted by Crippen LogP contribution is -2.35. The third kappa shape index (κ3) is 5.89. The third-order valence-corrected chi connectivity index (χ3v) is 7.95. The Balaban J connectivity index is 0.00000158. The summed E-state index contributed by atoms with van der Waals surface area (Å²) < 4.78 is 13.1. The van der Waals surface area contributed by atoms with Crippen molar-refractivity contribution in [2.75, 3.05) is 31.7 Å². The predicted octanol–water partition coefficient (Wildman–Crippen LogP) is 6.93. The molecule has 0 N–H and O–H groups in total. The summed E-state index contributed by atoms with van der Waals surface area (Å²) in [4.78, 5) is 19.9. The highest BCUT2D eigenvalue weighted by molar-refractivity contribution is 5.99. The number of anilines is 1. The topological polar surface area (TPSA) is 69.5 Å². The lowest BCUT2D eigenvalue weighted by atomic mass is 9.82. The average molecular weight is 541 g/mol. The molecule has 2 aromatic carbocycles. The van der Waals surface area contributed by atoms with Crippen molar-refractivity contribution in [3.05, 3.63) is 83.7 Å². The smallest absolute Gasteiger partial charge is 0.356 e. The molecule has 0 spiro atoms. The van der Waals surface area contributed by atoms with Gasteiger partial charge in [0.1, 0.15) is 0 Å². The second-order valence-electron chi connectivity index (χ2n) is 10.4. The molecule has 6 rings (SSSR count). The minimum absolute atomic E-state index is 0.320. The summed E-state index contributed by atoms with van der Waals surface area (Å²) in [6, 6.07) is 22.3. The lowest BCUT2D eigenvalue weighted by Gasteiger charge is -2.34. The van der Waals surface area contributed by atoms with E-state index in [0.29, 0.717) is 24.1 Å². The molecule has 1 aliphatic carbocycles. The summed E-state index contributed by atoms with van der Waals surface area (Å²) in [5, 5.41) is 6.18. The molecule has 210 valence electrons. The number of methoxy groups -OCH3 is 1. The Bertz CT molecular complexity index is 1390. The van der Waals surface area contributed by atoms with Gasteiger partial charge in [0.15, 0.2) is 11.3 Å². The van der Waals surface area contributed by atoms with Gasteiger partial charge in [-0.3, -0.25) is 0 Å². The van der Waals surface area contributed by atoms with Gasteiger partial charge in [0, 0.05) is 25.6 Å². The molecule has 0 unspecified atom stereocenters. The van der Waals surface area contributed by atoms with E-state index in [1.165, 1.54) is 19.1 Å². The van der Waals surface area contributed by atoms with Crippen molar-refractivity contribution in [2.45, 2.75) is 58.5 Å². The molecule has 3 heterocycles. The largest absolute Gasteiger partial charge is 0.464 e. The molecule has 40 heavy (non-hydrogen) atoms. The SMILES string of the molecule is CC.COC(=O)c1cc(N2CCC(COCc3ccccc3)CC2)c2c(C3CCC3)nn(-c3ccccc3)c2n1. The van der Waals surface area contributed by atoms with Crippen molar-refractivity contribution in [3.63, 3.8) is 0 Å². The Labute approximate surface area is 237 Å². The zero-order chi connectivity index (χ0) is 27.9. The molecular weight excluding hydrogens is 500 g/mol. The Hall–Kier alpha value is -3.71. The molecule has 1 aliphatic heterocycles. The molecule has 0 amide bonds. The van der Waals surface area contributed by atoms with Gasteiger partial charge in [0.2, 0.25) is 0 Å². The molecule has 0 atom stereocenters. The van der Waals surface area contributed by atoms with Crippen molar-refractivity contribution >= 4 is 22.7 Å². The van der Waals surface area contributed by atoms with Crippen molar-refractivity contribution < 1.29 is 14.3 Å². The number of esters is 1. The van der Waals surface area contributed by atoms with E-state index in [1.54, 1.807) is 0 Å². The Morgan fingerprint density at radius 3 is 2.25 bits per heavy atom. The molecule has 7 nitrogen and oxygen atoms in total. The zero-order valence-corrected chi connectivity index (χ0v) is 23.9. The van der Waals surface area contributed by atoms with E-state index in [9.17, 15) is 4.79 Å². The number of benzene rings is 2. The number of carbonyl (C=O) groups is 1. The van der Waals surface area contributed by atoms with Gasteiger partial charge in [-0.2, -0.15) is 5.10 Å². The lowest BCUT2D eigenvalue weighted by molar-refractivity contribution is 0.0594. The Morgan fingerprint density at radius 1 is 0.950 bits per heavy atom. The number of carbonyl (C=O) groups excluding carboxylic acids is 1. The number of ether oxygens (including phenoxy) is 2. The van der Waals surface area contributed by atoms with Gasteiger partial charge in [-0.25, -0.2) is 14.5 Å². The van der Waals surface area contributed by atoms with Gasteiger partial charge in [-0.1, -0.05) is 68.8 Å². The van der Waals surface area contributed by atoms with E-state index in [4.69, 9.17) is 19.6 Å². The van der Waals surface area contributed by atoms with Crippen molar-refractivity contribution in [1.29, 1.82) is 0 Å². The van der Waals surface area contributed by atoms with Crippen LogP contribution in [0.2, 0.25) is 0 Å². The molecule has 2 aliphatic rings. The van der Waals surface area contributed by atoms with Gasteiger partial charge < -0.3 is 14.4 Å². The van der Waals surface area contributed by atoms with E-state index < -0.39 is 5.97 Å². The average Bonchev–Trinajstić information content (AvgIpc) is 3.37. The molecule has 1 saturated heterocycles. The van der Waals surface area contributed by atoms with Crippen LogP contribution in [0, 0.1) is 5.92 Å². The number of hydrogen-bond acceptors (Lipinski definition) is 6. The number of piperidine rings is 1. The van der Waals surface area contributed by atoms with E-state index in [-0.39, 0.29) is 0 Å². The summed E-state index contributed by atoms with van der Waals surface area (Å²) in [7, 11) is 1.41. The van der Waals surface area contributed by atoms with Gasteiger partial charge in [0.05, 0.1) is 36.2 Å². The highest BCUT2D eigenvalue weighted by Crippen LogP contribution is 2.43. The van der Waals surface area contributed by atoms with Gasteiger partial charge in [-0.15, -0.1) is 0 Å². The van der Waals surface area contributed by atoms with Crippen LogP contribution in [0.4, 0.5) is 5.69 Å². The van der Waals surface area contributed by atoms with E-state index >= 15 is 0 Å². The van der Waals surface area contributed by atoms with Crippen LogP contribution in [0.15, 0.2) is 66.7 Å². The summed E-state index contributed by atoms with van der Waals surface area (Å²) in [5.41, 5.74) is 5.34. The summed E-state index contributed by atoms with van der Waals surface area (Å²) in [6.07, 6.45) is 5.58. The van der Waals surface area contributed by atoms with Crippen molar-refractivity contribution in [1.82, 2.24) is 14.8 Å². The highest BCUT2D eigenvalue weighted by Gasteiger charge is 2.31.